The maximum absolute atomic E-state index is 12.2. The third kappa shape index (κ3) is 2.72. The van der Waals surface area contributed by atoms with Crippen molar-refractivity contribution in [3.63, 3.8) is 0 Å². The first-order valence-corrected chi connectivity index (χ1v) is 6.23. The normalized spacial score (nSPS) is 18.3. The number of likely N-dealkylation sites (tertiary alicyclic amines) is 1. The summed E-state index contributed by atoms with van der Waals surface area (Å²) in [5, 5.41) is 8.61. The Balaban J connectivity index is 2.11. The lowest BCUT2D eigenvalue weighted by atomic mass is 10.1. The minimum absolute atomic E-state index is 0.0988. The van der Waals surface area contributed by atoms with Crippen LogP contribution in [0.1, 0.15) is 35.7 Å². The largest absolute Gasteiger partial charge is 0.384 e. The second-order valence-electron chi connectivity index (χ2n) is 4.53. The average molecular weight is 243 g/mol. The smallest absolute Gasteiger partial charge is 0.254 e. The van der Waals surface area contributed by atoms with Gasteiger partial charge in [-0.05, 0) is 44.0 Å². The lowest BCUT2D eigenvalue weighted by Crippen LogP contribution is -2.33. The van der Waals surface area contributed by atoms with Crippen molar-refractivity contribution in [2.75, 3.05) is 13.2 Å². The molecule has 1 saturated heterocycles. The molecule has 0 saturated carbocycles. The summed E-state index contributed by atoms with van der Waals surface area (Å²) in [4.78, 5) is 14.2. The molecule has 1 aromatic rings. The van der Waals surface area contributed by atoms with Gasteiger partial charge in [0.1, 0.15) is 6.61 Å². The Labute approximate surface area is 107 Å². The molecular weight excluding hydrogens is 226 g/mol. The van der Waals surface area contributed by atoms with Gasteiger partial charge in [-0.2, -0.15) is 0 Å². The number of rotatable bonds is 1. The molecule has 0 aromatic heterocycles. The van der Waals surface area contributed by atoms with Gasteiger partial charge in [0.05, 0.1) is 0 Å². The van der Waals surface area contributed by atoms with Crippen molar-refractivity contribution in [3.05, 3.63) is 35.4 Å². The summed E-state index contributed by atoms with van der Waals surface area (Å²) in [5.41, 5.74) is 1.52. The van der Waals surface area contributed by atoms with Gasteiger partial charge in [-0.15, -0.1) is 0 Å². The van der Waals surface area contributed by atoms with Crippen LogP contribution in [0.3, 0.4) is 0 Å². The Kier molecular flexibility index (Phi) is 4.01. The Morgan fingerprint density at radius 3 is 2.72 bits per heavy atom. The number of carbonyl (C=O) groups excluding carboxylic acids is 1. The van der Waals surface area contributed by atoms with E-state index in [0.29, 0.717) is 11.6 Å². The molecule has 0 bridgehead atoms. The van der Waals surface area contributed by atoms with Crippen molar-refractivity contribution in [3.8, 4) is 11.8 Å². The van der Waals surface area contributed by atoms with Crippen LogP contribution in [0.2, 0.25) is 0 Å². The van der Waals surface area contributed by atoms with Gasteiger partial charge in [-0.25, -0.2) is 0 Å². The molecule has 1 aromatic carbocycles. The van der Waals surface area contributed by atoms with Gasteiger partial charge in [0, 0.05) is 23.7 Å². The molecule has 1 atom stereocenters. The summed E-state index contributed by atoms with van der Waals surface area (Å²) in [6.45, 7) is 2.80. The van der Waals surface area contributed by atoms with Gasteiger partial charge in [-0.3, -0.25) is 4.79 Å². The predicted molar refractivity (Wildman–Crippen MR) is 70.1 cm³/mol. The first-order chi connectivity index (χ1) is 8.72. The van der Waals surface area contributed by atoms with Crippen molar-refractivity contribution in [2.45, 2.75) is 25.8 Å². The van der Waals surface area contributed by atoms with Crippen LogP contribution in [0, 0.1) is 11.8 Å². The van der Waals surface area contributed by atoms with E-state index in [4.69, 9.17) is 5.11 Å². The van der Waals surface area contributed by atoms with Crippen LogP contribution >= 0.6 is 0 Å². The molecule has 18 heavy (non-hydrogen) atoms. The Morgan fingerprint density at radius 2 is 2.17 bits per heavy atom. The van der Waals surface area contributed by atoms with E-state index in [1.807, 2.05) is 17.0 Å². The van der Waals surface area contributed by atoms with Crippen LogP contribution in [0.15, 0.2) is 24.3 Å². The topological polar surface area (TPSA) is 40.5 Å². The van der Waals surface area contributed by atoms with E-state index >= 15 is 0 Å². The highest BCUT2D eigenvalue weighted by atomic mass is 16.2. The number of aliphatic hydroxyl groups excluding tert-OH is 1. The molecule has 0 spiro atoms. The van der Waals surface area contributed by atoms with Gasteiger partial charge in [-0.1, -0.05) is 11.8 Å². The van der Waals surface area contributed by atoms with Crippen LogP contribution in [0.5, 0.6) is 0 Å². The number of hydrogen-bond acceptors (Lipinski definition) is 2. The monoisotopic (exact) mass is 243 g/mol. The zero-order valence-electron chi connectivity index (χ0n) is 10.5. The highest BCUT2D eigenvalue weighted by molar-refractivity contribution is 5.94. The number of amides is 1. The zero-order valence-corrected chi connectivity index (χ0v) is 10.5. The van der Waals surface area contributed by atoms with E-state index in [1.54, 1.807) is 12.1 Å². The molecular formula is C15H17NO2. The molecule has 0 aliphatic carbocycles. The number of nitrogens with zero attached hydrogens (tertiary/aromatic N) is 1. The van der Waals surface area contributed by atoms with Crippen molar-refractivity contribution in [2.24, 2.45) is 0 Å². The van der Waals surface area contributed by atoms with Crippen LogP contribution in [-0.4, -0.2) is 35.1 Å². The molecule has 1 fully saturated rings. The molecule has 1 amide bonds. The van der Waals surface area contributed by atoms with Crippen molar-refractivity contribution in [1.29, 1.82) is 0 Å². The van der Waals surface area contributed by atoms with Gasteiger partial charge < -0.3 is 10.0 Å². The Morgan fingerprint density at radius 1 is 1.44 bits per heavy atom. The molecule has 2 rings (SSSR count). The number of carbonyl (C=O) groups is 1. The third-order valence-corrected chi connectivity index (χ3v) is 3.26. The SMILES string of the molecule is CC1CCCN1C(=O)c1ccc(C#CCO)cc1. The molecule has 1 unspecified atom stereocenters. The fourth-order valence-electron chi connectivity index (χ4n) is 2.24. The molecule has 1 heterocycles. The van der Waals surface area contributed by atoms with E-state index in [9.17, 15) is 4.79 Å². The van der Waals surface area contributed by atoms with E-state index in [1.165, 1.54) is 0 Å². The second kappa shape index (κ2) is 5.70. The summed E-state index contributed by atoms with van der Waals surface area (Å²) >= 11 is 0. The van der Waals surface area contributed by atoms with Crippen molar-refractivity contribution >= 4 is 5.91 Å². The first-order valence-electron chi connectivity index (χ1n) is 6.23. The highest BCUT2D eigenvalue weighted by Gasteiger charge is 2.25. The minimum atomic E-state index is -0.147. The maximum Gasteiger partial charge on any atom is 0.254 e. The standard InChI is InChI=1S/C15H17NO2/c1-12-4-2-10-16(12)15(18)14-8-6-13(7-9-14)5-3-11-17/h6-9,12,17H,2,4,10-11H2,1H3. The van der Waals surface area contributed by atoms with Gasteiger partial charge in [0.2, 0.25) is 0 Å². The van der Waals surface area contributed by atoms with Gasteiger partial charge in [0.15, 0.2) is 0 Å². The molecule has 1 N–H and O–H groups in total. The van der Waals surface area contributed by atoms with Crippen LogP contribution in [0.25, 0.3) is 0 Å². The Bertz CT molecular complexity index is 481. The molecule has 3 nitrogen and oxygen atoms in total. The second-order valence-corrected chi connectivity index (χ2v) is 4.53. The summed E-state index contributed by atoms with van der Waals surface area (Å²) in [6, 6.07) is 7.57. The predicted octanol–water partition coefficient (Wildman–Crippen LogP) is 1.65. The fraction of sp³-hybridized carbons (Fsp3) is 0.400. The summed E-state index contributed by atoms with van der Waals surface area (Å²) in [7, 11) is 0. The highest BCUT2D eigenvalue weighted by Crippen LogP contribution is 2.19. The molecule has 0 radical (unpaired) electrons. The minimum Gasteiger partial charge on any atom is -0.384 e. The van der Waals surface area contributed by atoms with Crippen LogP contribution < -0.4 is 0 Å². The van der Waals surface area contributed by atoms with Crippen molar-refractivity contribution < 1.29 is 9.90 Å². The van der Waals surface area contributed by atoms with E-state index in [0.717, 1.165) is 24.9 Å². The zero-order chi connectivity index (χ0) is 13.0. The van der Waals surface area contributed by atoms with E-state index in [2.05, 4.69) is 18.8 Å². The molecule has 1 aliphatic heterocycles. The number of benzene rings is 1. The molecule has 3 heteroatoms. The van der Waals surface area contributed by atoms with Crippen LogP contribution in [0.4, 0.5) is 0 Å². The van der Waals surface area contributed by atoms with Crippen molar-refractivity contribution in [1.82, 2.24) is 4.90 Å². The molecule has 1 aliphatic rings. The first kappa shape index (κ1) is 12.7. The summed E-state index contributed by atoms with van der Waals surface area (Å²) in [5.74, 6) is 5.50. The number of aliphatic hydroxyl groups is 1. The summed E-state index contributed by atoms with van der Waals surface area (Å²) in [6.07, 6.45) is 2.18. The lowest BCUT2D eigenvalue weighted by molar-refractivity contribution is 0.0747. The number of hydrogen-bond donors (Lipinski definition) is 1. The maximum atomic E-state index is 12.2. The fourth-order valence-corrected chi connectivity index (χ4v) is 2.24. The van der Waals surface area contributed by atoms with E-state index < -0.39 is 0 Å². The molecule has 94 valence electrons. The quantitative estimate of drug-likeness (QED) is 0.762. The Hall–Kier alpha value is -1.79. The van der Waals surface area contributed by atoms with Crippen LogP contribution in [-0.2, 0) is 0 Å². The van der Waals surface area contributed by atoms with Gasteiger partial charge >= 0.3 is 0 Å². The summed E-state index contributed by atoms with van der Waals surface area (Å²) < 4.78 is 0. The lowest BCUT2D eigenvalue weighted by Gasteiger charge is -2.21. The third-order valence-electron chi connectivity index (χ3n) is 3.26. The average Bonchev–Trinajstić information content (AvgIpc) is 2.82. The van der Waals surface area contributed by atoms with Gasteiger partial charge in [0.25, 0.3) is 5.91 Å². The van der Waals surface area contributed by atoms with E-state index in [-0.39, 0.29) is 12.5 Å².